The van der Waals surface area contributed by atoms with E-state index in [4.69, 9.17) is 4.74 Å². The van der Waals surface area contributed by atoms with Crippen LogP contribution in [0.5, 0.6) is 0 Å². The second-order valence-electron chi connectivity index (χ2n) is 4.27. The molecule has 5 atom stereocenters. The van der Waals surface area contributed by atoms with Gasteiger partial charge in [-0.15, -0.1) is 9.24 Å². The number of ether oxygens (including phenoxy) is 1. The fraction of sp³-hybridized carbons (Fsp3) is 0.700. The van der Waals surface area contributed by atoms with Crippen LogP contribution < -0.4 is 5.32 Å². The number of aliphatic hydroxyl groups excluding tert-OH is 2. The molecule has 2 heterocycles. The maximum Gasteiger partial charge on any atom is 0.251 e. The lowest BCUT2D eigenvalue weighted by molar-refractivity contribution is -0.139. The number of amides is 1. The standard InChI is InChI=1S/C10H17N2O4P/c1-5-3-12(10(15)11-9(5)14)8-2-6(13)7(4-17)16-8/h3,6-8,10,13,15H,2,4,17H2,1H3,(H,11,14). The van der Waals surface area contributed by atoms with Gasteiger partial charge in [-0.2, -0.15) is 0 Å². The molecular weight excluding hydrogens is 243 g/mol. The van der Waals surface area contributed by atoms with E-state index in [0.29, 0.717) is 18.2 Å². The lowest BCUT2D eigenvalue weighted by Gasteiger charge is -2.35. The van der Waals surface area contributed by atoms with Gasteiger partial charge in [0.25, 0.3) is 5.91 Å². The van der Waals surface area contributed by atoms with E-state index >= 15 is 0 Å². The van der Waals surface area contributed by atoms with Crippen LogP contribution in [0.1, 0.15) is 13.3 Å². The molecule has 17 heavy (non-hydrogen) atoms. The summed E-state index contributed by atoms with van der Waals surface area (Å²) in [7, 11) is 2.52. The number of hydrogen-bond donors (Lipinski definition) is 3. The first kappa shape index (κ1) is 12.8. The van der Waals surface area contributed by atoms with Crippen molar-refractivity contribution in [3.8, 4) is 0 Å². The van der Waals surface area contributed by atoms with Crippen molar-refractivity contribution in [3.05, 3.63) is 11.8 Å². The molecule has 0 bridgehead atoms. The molecule has 2 aliphatic rings. The molecule has 0 aromatic heterocycles. The molecule has 6 nitrogen and oxygen atoms in total. The van der Waals surface area contributed by atoms with Crippen molar-refractivity contribution in [3.63, 3.8) is 0 Å². The molecule has 5 unspecified atom stereocenters. The Balaban J connectivity index is 2.10. The Labute approximate surface area is 102 Å². The average Bonchev–Trinajstić information content (AvgIpc) is 2.65. The van der Waals surface area contributed by atoms with Crippen molar-refractivity contribution >= 4 is 15.1 Å². The van der Waals surface area contributed by atoms with Crippen molar-refractivity contribution in [2.75, 3.05) is 6.16 Å². The Morgan fingerprint density at radius 3 is 2.94 bits per heavy atom. The van der Waals surface area contributed by atoms with Gasteiger partial charge >= 0.3 is 0 Å². The third-order valence-electron chi connectivity index (χ3n) is 3.01. The van der Waals surface area contributed by atoms with E-state index in [-0.39, 0.29) is 12.0 Å². The number of hydrogen-bond acceptors (Lipinski definition) is 5. The first-order chi connectivity index (χ1) is 8.02. The van der Waals surface area contributed by atoms with Gasteiger partial charge in [-0.3, -0.25) is 4.79 Å². The number of nitrogens with one attached hydrogen (secondary N) is 1. The summed E-state index contributed by atoms with van der Waals surface area (Å²) < 4.78 is 5.62. The summed E-state index contributed by atoms with van der Waals surface area (Å²) in [5, 5.41) is 21.9. The molecule has 1 saturated heterocycles. The van der Waals surface area contributed by atoms with E-state index in [1.807, 2.05) is 0 Å². The molecular formula is C10H17N2O4P. The zero-order chi connectivity index (χ0) is 12.6. The minimum Gasteiger partial charge on any atom is -0.390 e. The molecule has 96 valence electrons. The van der Waals surface area contributed by atoms with E-state index in [2.05, 4.69) is 14.6 Å². The second kappa shape index (κ2) is 4.90. The SMILES string of the molecule is CC1=CN(C2CC(O)C(CP)O2)C(O)NC1=O. The Morgan fingerprint density at radius 2 is 2.35 bits per heavy atom. The highest BCUT2D eigenvalue weighted by Crippen LogP contribution is 2.27. The smallest absolute Gasteiger partial charge is 0.251 e. The van der Waals surface area contributed by atoms with Gasteiger partial charge in [0, 0.05) is 18.2 Å². The lowest BCUT2D eigenvalue weighted by Crippen LogP contribution is -2.53. The summed E-state index contributed by atoms with van der Waals surface area (Å²) >= 11 is 0. The maximum atomic E-state index is 11.3. The van der Waals surface area contributed by atoms with Crippen LogP contribution in [0.25, 0.3) is 0 Å². The Hall–Kier alpha value is -0.680. The molecule has 3 N–H and O–H groups in total. The molecule has 2 aliphatic heterocycles. The van der Waals surface area contributed by atoms with Crippen molar-refractivity contribution in [2.24, 2.45) is 0 Å². The third kappa shape index (κ3) is 2.45. The van der Waals surface area contributed by atoms with Gasteiger partial charge in [-0.05, 0) is 13.1 Å². The van der Waals surface area contributed by atoms with Crippen LogP contribution >= 0.6 is 9.24 Å². The number of nitrogens with zero attached hydrogens (tertiary/aromatic N) is 1. The predicted octanol–water partition coefficient (Wildman–Crippen LogP) is -1.05. The summed E-state index contributed by atoms with van der Waals surface area (Å²) in [5.74, 6) is -0.296. The first-order valence-electron chi connectivity index (χ1n) is 5.51. The monoisotopic (exact) mass is 260 g/mol. The molecule has 0 aromatic carbocycles. The van der Waals surface area contributed by atoms with E-state index < -0.39 is 18.7 Å². The van der Waals surface area contributed by atoms with Gasteiger partial charge < -0.3 is 25.2 Å². The number of carbonyl (C=O) groups is 1. The molecule has 0 radical (unpaired) electrons. The van der Waals surface area contributed by atoms with Crippen LogP contribution in [-0.4, -0.2) is 52.0 Å². The Bertz CT molecular complexity index is 349. The molecule has 0 spiro atoms. The topological polar surface area (TPSA) is 82.0 Å². The van der Waals surface area contributed by atoms with Crippen molar-refractivity contribution < 1.29 is 19.7 Å². The Kier molecular flexibility index (Phi) is 3.68. The van der Waals surface area contributed by atoms with Crippen molar-refractivity contribution in [1.82, 2.24) is 10.2 Å². The Morgan fingerprint density at radius 1 is 1.65 bits per heavy atom. The van der Waals surface area contributed by atoms with Crippen LogP contribution in [0.4, 0.5) is 0 Å². The lowest BCUT2D eigenvalue weighted by atomic mass is 10.2. The quantitative estimate of drug-likeness (QED) is 0.552. The van der Waals surface area contributed by atoms with Crippen LogP contribution in [-0.2, 0) is 9.53 Å². The van der Waals surface area contributed by atoms with Gasteiger partial charge in [0.1, 0.15) is 6.23 Å². The molecule has 0 saturated carbocycles. The fourth-order valence-corrected chi connectivity index (χ4v) is 2.44. The van der Waals surface area contributed by atoms with Crippen molar-refractivity contribution in [2.45, 2.75) is 38.1 Å². The maximum absolute atomic E-state index is 11.3. The van der Waals surface area contributed by atoms with Crippen LogP contribution in [0.2, 0.25) is 0 Å². The highest BCUT2D eigenvalue weighted by atomic mass is 31.0. The zero-order valence-corrected chi connectivity index (χ0v) is 10.7. The fourth-order valence-electron chi connectivity index (χ4n) is 2.01. The molecule has 1 amide bonds. The normalized spacial score (nSPS) is 38.0. The molecule has 1 fully saturated rings. The molecule has 2 rings (SSSR count). The summed E-state index contributed by atoms with van der Waals surface area (Å²) in [6.07, 6.45) is 0.297. The minimum atomic E-state index is -1.10. The van der Waals surface area contributed by atoms with Crippen molar-refractivity contribution in [1.29, 1.82) is 0 Å². The van der Waals surface area contributed by atoms with E-state index in [1.54, 1.807) is 13.1 Å². The minimum absolute atomic E-state index is 0.247. The van der Waals surface area contributed by atoms with Crippen LogP contribution in [0.15, 0.2) is 11.8 Å². The van der Waals surface area contributed by atoms with E-state index in [9.17, 15) is 15.0 Å². The summed E-state index contributed by atoms with van der Waals surface area (Å²) in [6, 6.07) is 0. The van der Waals surface area contributed by atoms with Crippen LogP contribution in [0, 0.1) is 0 Å². The molecule has 7 heteroatoms. The first-order valence-corrected chi connectivity index (χ1v) is 6.33. The highest BCUT2D eigenvalue weighted by molar-refractivity contribution is 7.16. The van der Waals surface area contributed by atoms with E-state index in [1.165, 1.54) is 4.90 Å². The van der Waals surface area contributed by atoms with Gasteiger partial charge in [0.2, 0.25) is 6.35 Å². The third-order valence-corrected chi connectivity index (χ3v) is 3.48. The second-order valence-corrected chi connectivity index (χ2v) is 4.75. The average molecular weight is 260 g/mol. The zero-order valence-electron chi connectivity index (χ0n) is 9.54. The van der Waals surface area contributed by atoms with E-state index in [0.717, 1.165) is 0 Å². The number of carbonyl (C=O) groups excluding carboxylic acids is 1. The summed E-state index contributed by atoms with van der Waals surface area (Å²) in [4.78, 5) is 12.8. The molecule has 0 aromatic rings. The number of aliphatic hydroxyl groups is 2. The number of rotatable bonds is 2. The predicted molar refractivity (Wildman–Crippen MR) is 63.6 cm³/mol. The van der Waals surface area contributed by atoms with Gasteiger partial charge in [-0.1, -0.05) is 0 Å². The summed E-state index contributed by atoms with van der Waals surface area (Å²) in [6.45, 7) is 1.66. The van der Waals surface area contributed by atoms with Gasteiger partial charge in [0.05, 0.1) is 12.2 Å². The van der Waals surface area contributed by atoms with Crippen LogP contribution in [0.3, 0.4) is 0 Å². The van der Waals surface area contributed by atoms with Gasteiger partial charge in [-0.25, -0.2) is 0 Å². The summed E-state index contributed by atoms with van der Waals surface area (Å²) in [5.41, 5.74) is 0.503. The highest BCUT2D eigenvalue weighted by Gasteiger charge is 2.39. The largest absolute Gasteiger partial charge is 0.390 e. The van der Waals surface area contributed by atoms with Gasteiger partial charge in [0.15, 0.2) is 0 Å². The molecule has 0 aliphatic carbocycles.